The van der Waals surface area contributed by atoms with E-state index >= 15 is 0 Å². The van der Waals surface area contributed by atoms with Gasteiger partial charge < -0.3 is 14.8 Å². The third-order valence-corrected chi connectivity index (χ3v) is 9.44. The largest absolute Gasteiger partial charge is 0.492 e. The van der Waals surface area contributed by atoms with Gasteiger partial charge in [-0.3, -0.25) is 19.3 Å². The van der Waals surface area contributed by atoms with Gasteiger partial charge in [-0.05, 0) is 89.7 Å². The summed E-state index contributed by atoms with van der Waals surface area (Å²) in [6.45, 7) is 2.99. The molecule has 0 saturated carbocycles. The van der Waals surface area contributed by atoms with Crippen LogP contribution in [0.3, 0.4) is 0 Å². The van der Waals surface area contributed by atoms with Crippen LogP contribution in [0, 0.1) is 0 Å². The number of para-hydroxylation sites is 2. The molecule has 33 heavy (non-hydrogen) atoms. The summed E-state index contributed by atoms with van der Waals surface area (Å²) < 4.78 is 12.3. The summed E-state index contributed by atoms with van der Waals surface area (Å²) >= 11 is 13.3. The predicted octanol–water partition coefficient (Wildman–Crippen LogP) is 5.30. The van der Waals surface area contributed by atoms with Gasteiger partial charge in [-0.25, -0.2) is 4.79 Å². The molecule has 8 nitrogen and oxygen atoms in total. The topological polar surface area (TPSA) is 102 Å². The SMILES string of the molecule is CCOc1ccccc1NC(=O)COC(=O)C(C)N1C(=O)c2c(Br)c(Br)c(Br)c(Br)c2C1=O. The maximum atomic E-state index is 13.0. The molecule has 12 heteroatoms. The summed E-state index contributed by atoms with van der Waals surface area (Å²) in [7, 11) is 0. The van der Waals surface area contributed by atoms with E-state index in [0.717, 1.165) is 4.90 Å². The number of esters is 1. The minimum absolute atomic E-state index is 0.117. The van der Waals surface area contributed by atoms with E-state index in [2.05, 4.69) is 69.0 Å². The maximum absolute atomic E-state index is 13.0. The number of benzene rings is 2. The number of ether oxygens (including phenoxy) is 2. The van der Waals surface area contributed by atoms with Gasteiger partial charge in [0.1, 0.15) is 11.8 Å². The molecule has 1 heterocycles. The minimum atomic E-state index is -1.25. The van der Waals surface area contributed by atoms with E-state index in [9.17, 15) is 19.2 Å². The number of hydrogen-bond acceptors (Lipinski definition) is 6. The fourth-order valence-corrected chi connectivity index (χ4v) is 5.58. The molecule has 0 fully saturated rings. The van der Waals surface area contributed by atoms with Gasteiger partial charge in [0.15, 0.2) is 6.61 Å². The van der Waals surface area contributed by atoms with Gasteiger partial charge in [-0.1, -0.05) is 12.1 Å². The minimum Gasteiger partial charge on any atom is -0.492 e. The monoisotopic (exact) mass is 708 g/mol. The lowest BCUT2D eigenvalue weighted by molar-refractivity contribution is -0.150. The van der Waals surface area contributed by atoms with Gasteiger partial charge >= 0.3 is 5.97 Å². The first-order chi connectivity index (χ1) is 15.6. The molecule has 0 saturated heterocycles. The van der Waals surface area contributed by atoms with Gasteiger partial charge in [0, 0.05) is 17.9 Å². The van der Waals surface area contributed by atoms with Crippen LogP contribution in [0.4, 0.5) is 5.69 Å². The third kappa shape index (κ3) is 5.03. The Morgan fingerprint density at radius 2 is 1.52 bits per heavy atom. The molecule has 174 valence electrons. The second-order valence-corrected chi connectivity index (χ2v) is 9.92. The van der Waals surface area contributed by atoms with Crippen molar-refractivity contribution in [2.45, 2.75) is 19.9 Å². The average Bonchev–Trinajstić information content (AvgIpc) is 3.05. The lowest BCUT2D eigenvalue weighted by atomic mass is 10.1. The normalized spacial score (nSPS) is 13.6. The van der Waals surface area contributed by atoms with Crippen molar-refractivity contribution in [1.29, 1.82) is 0 Å². The van der Waals surface area contributed by atoms with Crippen LogP contribution in [0.2, 0.25) is 0 Å². The molecule has 0 aliphatic carbocycles. The Balaban J connectivity index is 1.70. The Morgan fingerprint density at radius 1 is 0.970 bits per heavy atom. The number of hydrogen-bond donors (Lipinski definition) is 1. The highest BCUT2D eigenvalue weighted by molar-refractivity contribution is 9.15. The zero-order valence-corrected chi connectivity index (χ0v) is 23.6. The number of rotatable bonds is 7. The number of carbonyl (C=O) groups is 4. The molecule has 3 rings (SSSR count). The Bertz CT molecular complexity index is 1120. The first-order valence-corrected chi connectivity index (χ1v) is 12.7. The van der Waals surface area contributed by atoms with Crippen LogP contribution in [0.5, 0.6) is 5.75 Å². The maximum Gasteiger partial charge on any atom is 0.329 e. The van der Waals surface area contributed by atoms with E-state index in [1.54, 1.807) is 24.3 Å². The summed E-state index contributed by atoms with van der Waals surface area (Å²) in [5.74, 6) is -2.33. The van der Waals surface area contributed by atoms with Crippen LogP contribution in [0.15, 0.2) is 42.2 Å². The van der Waals surface area contributed by atoms with Crippen LogP contribution >= 0.6 is 63.7 Å². The van der Waals surface area contributed by atoms with Crippen molar-refractivity contribution in [3.05, 3.63) is 53.3 Å². The van der Waals surface area contributed by atoms with Crippen molar-refractivity contribution in [3.8, 4) is 5.75 Å². The van der Waals surface area contributed by atoms with E-state index in [-0.39, 0.29) is 11.1 Å². The van der Waals surface area contributed by atoms with Crippen molar-refractivity contribution in [3.63, 3.8) is 0 Å². The smallest absolute Gasteiger partial charge is 0.329 e. The van der Waals surface area contributed by atoms with Gasteiger partial charge in [-0.15, -0.1) is 0 Å². The van der Waals surface area contributed by atoms with Crippen molar-refractivity contribution in [2.24, 2.45) is 0 Å². The van der Waals surface area contributed by atoms with E-state index in [1.165, 1.54) is 6.92 Å². The number of nitrogens with zero attached hydrogens (tertiary/aromatic N) is 1. The van der Waals surface area contributed by atoms with E-state index in [1.807, 2.05) is 6.92 Å². The van der Waals surface area contributed by atoms with Crippen molar-refractivity contribution in [1.82, 2.24) is 4.90 Å². The molecular formula is C21H16Br4N2O6. The van der Waals surface area contributed by atoms with Crippen molar-refractivity contribution in [2.75, 3.05) is 18.5 Å². The third-order valence-electron chi connectivity index (χ3n) is 4.67. The van der Waals surface area contributed by atoms with Gasteiger partial charge in [0.05, 0.1) is 23.4 Å². The molecular weight excluding hydrogens is 696 g/mol. The van der Waals surface area contributed by atoms with Crippen molar-refractivity contribution < 1.29 is 28.7 Å². The number of halogens is 4. The Kier molecular flexibility index (Phi) is 8.35. The fraction of sp³-hybridized carbons (Fsp3) is 0.238. The van der Waals surface area contributed by atoms with Gasteiger partial charge in [0.2, 0.25) is 0 Å². The second kappa shape index (κ2) is 10.7. The van der Waals surface area contributed by atoms with E-state index in [4.69, 9.17) is 9.47 Å². The van der Waals surface area contributed by atoms with Crippen LogP contribution in [-0.4, -0.2) is 47.8 Å². The number of anilines is 1. The zero-order chi connectivity index (χ0) is 24.4. The van der Waals surface area contributed by atoms with Crippen LogP contribution < -0.4 is 10.1 Å². The second-order valence-electron chi connectivity index (χ2n) is 6.75. The lowest BCUT2D eigenvalue weighted by Crippen LogP contribution is -2.44. The zero-order valence-electron chi connectivity index (χ0n) is 17.2. The van der Waals surface area contributed by atoms with Gasteiger partial charge in [-0.2, -0.15) is 0 Å². The first kappa shape index (κ1) is 25.9. The molecule has 1 N–H and O–H groups in total. The molecule has 0 aromatic heterocycles. The molecule has 3 amide bonds. The highest BCUT2D eigenvalue weighted by Crippen LogP contribution is 2.45. The molecule has 1 aliphatic heterocycles. The number of carbonyl (C=O) groups excluding carboxylic acids is 4. The van der Waals surface area contributed by atoms with Crippen molar-refractivity contribution >= 4 is 93.1 Å². The summed E-state index contributed by atoms with van der Waals surface area (Å²) in [6, 6.07) is 5.58. The van der Waals surface area contributed by atoms with E-state index < -0.39 is 36.3 Å². The molecule has 1 atom stereocenters. The van der Waals surface area contributed by atoms with Gasteiger partial charge in [0.25, 0.3) is 17.7 Å². The van der Waals surface area contributed by atoms with E-state index in [0.29, 0.717) is 35.9 Å². The Labute approximate surface area is 222 Å². The molecule has 0 spiro atoms. The summed E-state index contributed by atoms with van der Waals surface area (Å²) in [5.41, 5.74) is 0.665. The highest BCUT2D eigenvalue weighted by atomic mass is 79.9. The van der Waals surface area contributed by atoms with Crippen LogP contribution in [0.1, 0.15) is 34.6 Å². The molecule has 2 aromatic carbocycles. The number of imide groups is 1. The molecule has 1 aliphatic rings. The summed E-state index contributed by atoms with van der Waals surface area (Å²) in [4.78, 5) is 51.6. The van der Waals surface area contributed by atoms with Crippen LogP contribution in [-0.2, 0) is 14.3 Å². The predicted molar refractivity (Wildman–Crippen MR) is 134 cm³/mol. The average molecular weight is 712 g/mol. The fourth-order valence-electron chi connectivity index (χ4n) is 3.12. The summed E-state index contributed by atoms with van der Waals surface area (Å²) in [5, 5.41) is 2.61. The molecule has 1 unspecified atom stereocenters. The quantitative estimate of drug-likeness (QED) is 0.181. The Morgan fingerprint density at radius 3 is 2.06 bits per heavy atom. The first-order valence-electron chi connectivity index (χ1n) is 9.52. The summed E-state index contributed by atoms with van der Waals surface area (Å²) in [6.07, 6.45) is 0. The molecule has 0 radical (unpaired) electrons. The number of fused-ring (bicyclic) bond motifs is 1. The van der Waals surface area contributed by atoms with Crippen LogP contribution in [0.25, 0.3) is 0 Å². The Hall–Kier alpha value is -1.76. The highest BCUT2D eigenvalue weighted by Gasteiger charge is 2.45. The standard InChI is InChI=1S/C21H16Br4N2O6/c1-3-32-11-7-5-4-6-10(11)26-12(28)8-33-21(31)9(2)27-19(29)13-14(20(27)30)16(23)18(25)17(24)15(13)22/h4-7,9H,3,8H2,1-2H3,(H,26,28). The molecule has 0 bridgehead atoms. The molecule has 2 aromatic rings. The lowest BCUT2D eigenvalue weighted by Gasteiger charge is -2.21. The number of nitrogens with one attached hydrogen (secondary N) is 1. The number of amides is 3.